The second-order valence-corrected chi connectivity index (χ2v) is 8.10. The lowest BCUT2D eigenvalue weighted by Crippen LogP contribution is -2.28. The molecule has 1 fully saturated rings. The Labute approximate surface area is 180 Å². The van der Waals surface area contributed by atoms with Crippen molar-refractivity contribution in [2.45, 2.75) is 6.92 Å². The molecule has 0 spiro atoms. The largest absolute Gasteiger partial charge is 0.457 e. The zero-order valence-corrected chi connectivity index (χ0v) is 17.1. The van der Waals surface area contributed by atoms with Gasteiger partial charge in [-0.1, -0.05) is 36.1 Å². The van der Waals surface area contributed by atoms with Gasteiger partial charge in [-0.05, 0) is 42.8 Å². The number of thioether (sulfide) groups is 1. The first kappa shape index (κ1) is 20.0. The molecule has 0 unspecified atom stereocenters. The molecule has 0 N–H and O–H groups in total. The second-order valence-electron chi connectivity index (χ2n) is 6.43. The van der Waals surface area contributed by atoms with Gasteiger partial charge in [-0.25, -0.2) is 4.39 Å². The molecule has 0 bridgehead atoms. The van der Waals surface area contributed by atoms with E-state index in [4.69, 9.17) is 16.6 Å². The summed E-state index contributed by atoms with van der Waals surface area (Å²) in [6, 6.07) is 13.8. The minimum atomic E-state index is -0.538. The van der Waals surface area contributed by atoms with Crippen LogP contribution in [0.2, 0.25) is 0 Å². The summed E-state index contributed by atoms with van der Waals surface area (Å²) in [6.45, 7) is 1.75. The summed E-state index contributed by atoms with van der Waals surface area (Å²) in [7, 11) is 0. The van der Waals surface area contributed by atoms with Crippen molar-refractivity contribution in [2.24, 2.45) is 0 Å². The number of nitro benzene ring substituents is 1. The van der Waals surface area contributed by atoms with Crippen molar-refractivity contribution in [2.75, 3.05) is 4.90 Å². The minimum absolute atomic E-state index is 0.000141. The van der Waals surface area contributed by atoms with Crippen LogP contribution in [0, 0.1) is 22.9 Å². The Bertz CT molecular complexity index is 1240. The zero-order chi connectivity index (χ0) is 21.4. The summed E-state index contributed by atoms with van der Waals surface area (Å²) in [4.78, 5) is 24.7. The number of furan rings is 1. The zero-order valence-electron chi connectivity index (χ0n) is 15.5. The molecule has 0 aliphatic carbocycles. The number of carbonyl (C=O) groups is 1. The maximum atomic E-state index is 14.1. The third kappa shape index (κ3) is 3.64. The number of non-ortho nitro benzene ring substituents is 1. The topological polar surface area (TPSA) is 76.6 Å². The molecule has 2 heterocycles. The van der Waals surface area contributed by atoms with Crippen LogP contribution in [0.25, 0.3) is 17.4 Å². The molecule has 9 heteroatoms. The summed E-state index contributed by atoms with van der Waals surface area (Å²) >= 11 is 6.32. The van der Waals surface area contributed by atoms with Gasteiger partial charge in [0.1, 0.15) is 17.3 Å². The van der Waals surface area contributed by atoms with Crippen LogP contribution in [-0.4, -0.2) is 15.2 Å². The summed E-state index contributed by atoms with van der Waals surface area (Å²) < 4.78 is 20.2. The van der Waals surface area contributed by atoms with Crippen molar-refractivity contribution in [1.82, 2.24) is 0 Å². The highest BCUT2D eigenvalue weighted by Crippen LogP contribution is 2.37. The van der Waals surface area contributed by atoms with Gasteiger partial charge in [0.25, 0.3) is 11.6 Å². The lowest BCUT2D eigenvalue weighted by Gasteiger charge is -2.14. The second kappa shape index (κ2) is 7.85. The fraction of sp³-hybridized carbons (Fsp3) is 0.0476. The first-order chi connectivity index (χ1) is 14.3. The van der Waals surface area contributed by atoms with E-state index < -0.39 is 16.6 Å². The number of benzene rings is 2. The number of anilines is 1. The van der Waals surface area contributed by atoms with Gasteiger partial charge in [0.15, 0.2) is 4.32 Å². The highest BCUT2D eigenvalue weighted by Gasteiger charge is 2.35. The number of rotatable bonds is 4. The number of carbonyl (C=O) groups excluding carboxylic acids is 1. The highest BCUT2D eigenvalue weighted by molar-refractivity contribution is 8.27. The smallest absolute Gasteiger partial charge is 0.270 e. The molecule has 1 aliphatic heterocycles. The Balaban J connectivity index is 1.62. The van der Waals surface area contributed by atoms with Gasteiger partial charge in [0, 0.05) is 23.8 Å². The van der Waals surface area contributed by atoms with Crippen LogP contribution in [0.3, 0.4) is 0 Å². The molecule has 0 saturated carbocycles. The van der Waals surface area contributed by atoms with Crippen molar-refractivity contribution in [1.29, 1.82) is 0 Å². The van der Waals surface area contributed by atoms with E-state index in [9.17, 15) is 19.3 Å². The maximum Gasteiger partial charge on any atom is 0.270 e. The van der Waals surface area contributed by atoms with Gasteiger partial charge in [-0.2, -0.15) is 0 Å². The SMILES string of the molecule is Cc1cc([N+](=O)[O-])ccc1-c1ccc(/C=C2/SC(=S)N(c3ccccc3F)C2=O)o1. The molecule has 4 rings (SSSR count). The van der Waals surface area contributed by atoms with Gasteiger partial charge < -0.3 is 4.42 Å². The van der Waals surface area contributed by atoms with E-state index in [1.165, 1.54) is 30.3 Å². The third-order valence-corrected chi connectivity index (χ3v) is 5.78. The average Bonchev–Trinajstić information content (AvgIpc) is 3.27. The molecule has 30 heavy (non-hydrogen) atoms. The van der Waals surface area contributed by atoms with Crippen molar-refractivity contribution >= 4 is 51.7 Å². The summed E-state index contributed by atoms with van der Waals surface area (Å²) in [5, 5.41) is 10.9. The van der Waals surface area contributed by atoms with Gasteiger partial charge in [-0.15, -0.1) is 0 Å². The van der Waals surface area contributed by atoms with Crippen LogP contribution in [0.5, 0.6) is 0 Å². The summed E-state index contributed by atoms with van der Waals surface area (Å²) in [5.74, 6) is -0.0430. The van der Waals surface area contributed by atoms with Crippen LogP contribution in [0.1, 0.15) is 11.3 Å². The molecule has 1 amide bonds. The Morgan fingerprint density at radius 2 is 1.97 bits per heavy atom. The van der Waals surface area contributed by atoms with E-state index in [0.717, 1.165) is 16.7 Å². The molecular formula is C21H13FN2O4S2. The highest BCUT2D eigenvalue weighted by atomic mass is 32.2. The Hall–Kier alpha value is -3.30. The van der Waals surface area contributed by atoms with Gasteiger partial charge in [0.05, 0.1) is 15.5 Å². The van der Waals surface area contributed by atoms with Crippen molar-refractivity contribution < 1.29 is 18.5 Å². The van der Waals surface area contributed by atoms with Crippen LogP contribution in [-0.2, 0) is 4.79 Å². The molecule has 1 saturated heterocycles. The van der Waals surface area contributed by atoms with E-state index in [2.05, 4.69) is 0 Å². The van der Waals surface area contributed by atoms with Crippen LogP contribution in [0.15, 0.2) is 63.9 Å². The predicted octanol–water partition coefficient (Wildman–Crippen LogP) is 5.71. The molecule has 0 radical (unpaired) electrons. The number of aryl methyl sites for hydroxylation is 1. The quantitative estimate of drug-likeness (QED) is 0.224. The van der Waals surface area contributed by atoms with Gasteiger partial charge in [-0.3, -0.25) is 19.8 Å². The summed E-state index contributed by atoms with van der Waals surface area (Å²) in [5.41, 5.74) is 1.50. The number of nitro groups is 1. The number of hydrogen-bond donors (Lipinski definition) is 0. The van der Waals surface area contributed by atoms with E-state index in [1.54, 1.807) is 37.3 Å². The molecule has 1 aliphatic rings. The van der Waals surface area contributed by atoms with Crippen LogP contribution in [0.4, 0.5) is 15.8 Å². The molecule has 6 nitrogen and oxygen atoms in total. The van der Waals surface area contributed by atoms with E-state index >= 15 is 0 Å². The molecule has 3 aromatic rings. The molecule has 2 aromatic carbocycles. The standard InChI is InChI=1S/C21H13FN2O4S2/c1-12-10-13(24(26)27)6-8-15(12)18-9-7-14(28-18)11-19-20(25)23(21(29)30-19)17-5-3-2-4-16(17)22/h2-11H,1H3/b19-11+. The van der Waals surface area contributed by atoms with Crippen LogP contribution >= 0.6 is 24.0 Å². The fourth-order valence-corrected chi connectivity index (χ4v) is 4.32. The maximum absolute atomic E-state index is 14.1. The lowest BCUT2D eigenvalue weighted by molar-refractivity contribution is -0.384. The number of para-hydroxylation sites is 1. The first-order valence-electron chi connectivity index (χ1n) is 8.73. The van der Waals surface area contributed by atoms with Gasteiger partial charge >= 0.3 is 0 Å². The normalized spacial score (nSPS) is 15.3. The van der Waals surface area contributed by atoms with E-state index in [1.807, 2.05) is 0 Å². The average molecular weight is 440 g/mol. The Morgan fingerprint density at radius 3 is 2.67 bits per heavy atom. The van der Waals surface area contributed by atoms with Crippen LogP contribution < -0.4 is 4.90 Å². The van der Waals surface area contributed by atoms with Crippen molar-refractivity contribution in [3.8, 4) is 11.3 Å². The number of amides is 1. The molecule has 1 aromatic heterocycles. The van der Waals surface area contributed by atoms with Gasteiger partial charge in [0.2, 0.25) is 0 Å². The monoisotopic (exact) mass is 440 g/mol. The Kier molecular flexibility index (Phi) is 5.23. The predicted molar refractivity (Wildman–Crippen MR) is 118 cm³/mol. The lowest BCUT2D eigenvalue weighted by atomic mass is 10.1. The minimum Gasteiger partial charge on any atom is -0.457 e. The molecule has 150 valence electrons. The first-order valence-corrected chi connectivity index (χ1v) is 9.95. The van der Waals surface area contributed by atoms with E-state index in [0.29, 0.717) is 27.6 Å². The molecular weight excluding hydrogens is 427 g/mol. The van der Waals surface area contributed by atoms with Crippen molar-refractivity contribution in [3.63, 3.8) is 0 Å². The fourth-order valence-electron chi connectivity index (χ4n) is 3.05. The van der Waals surface area contributed by atoms with Crippen molar-refractivity contribution in [3.05, 3.63) is 86.8 Å². The van der Waals surface area contributed by atoms with E-state index in [-0.39, 0.29) is 15.7 Å². The number of hydrogen-bond acceptors (Lipinski definition) is 6. The Morgan fingerprint density at radius 1 is 1.20 bits per heavy atom. The third-order valence-electron chi connectivity index (χ3n) is 4.47. The molecule has 0 atom stereocenters. The number of thiocarbonyl (C=S) groups is 1. The number of halogens is 1. The summed E-state index contributed by atoms with van der Waals surface area (Å²) in [6.07, 6.45) is 1.55. The number of nitrogens with zero attached hydrogens (tertiary/aromatic N) is 2.